The number of carbonyl (C=O) groups excluding carboxylic acids is 1. The van der Waals surface area contributed by atoms with Crippen LogP contribution in [0, 0.1) is 0 Å². The number of aryl methyl sites for hydroxylation is 1. The van der Waals surface area contributed by atoms with Gasteiger partial charge < -0.3 is 14.6 Å². The first-order valence-electron chi connectivity index (χ1n) is 8.10. The number of phenolic OH excluding ortho intramolecular Hbond substituents is 1. The summed E-state index contributed by atoms with van der Waals surface area (Å²) in [5, 5.41) is 10.4. The monoisotopic (exact) mass is 318 g/mol. The fraction of sp³-hybridized carbons (Fsp3) is 0.526. The Bertz CT molecular complexity index is 610. The van der Waals surface area contributed by atoms with Crippen LogP contribution in [0.5, 0.6) is 11.5 Å². The van der Waals surface area contributed by atoms with E-state index in [1.807, 2.05) is 45.9 Å². The summed E-state index contributed by atoms with van der Waals surface area (Å²) >= 11 is 0. The molecule has 0 unspecified atom stereocenters. The van der Waals surface area contributed by atoms with Crippen LogP contribution in [-0.4, -0.2) is 23.3 Å². The van der Waals surface area contributed by atoms with E-state index in [0.29, 0.717) is 13.0 Å². The SMILES string of the molecule is CC(C)=CCOC(=O)CCc1ccc2c(c1O)CCC(C)(C)O2. The first kappa shape index (κ1) is 17.4. The van der Waals surface area contributed by atoms with Crippen molar-refractivity contribution in [2.45, 2.75) is 59.0 Å². The molecule has 0 bridgehead atoms. The van der Waals surface area contributed by atoms with Gasteiger partial charge in [0.2, 0.25) is 0 Å². The van der Waals surface area contributed by atoms with Crippen molar-refractivity contribution in [1.82, 2.24) is 0 Å². The largest absolute Gasteiger partial charge is 0.507 e. The maximum Gasteiger partial charge on any atom is 0.306 e. The quantitative estimate of drug-likeness (QED) is 0.660. The highest BCUT2D eigenvalue weighted by Gasteiger charge is 2.28. The number of hydrogen-bond acceptors (Lipinski definition) is 4. The standard InChI is InChI=1S/C19H26O4/c1-13(2)10-12-22-17(20)8-6-14-5-7-16-15(18(14)21)9-11-19(3,4)23-16/h5,7,10,21H,6,8-9,11-12H2,1-4H3. The van der Waals surface area contributed by atoms with Crippen LogP contribution in [0.2, 0.25) is 0 Å². The van der Waals surface area contributed by atoms with E-state index >= 15 is 0 Å². The predicted octanol–water partition coefficient (Wildman–Crippen LogP) is 3.94. The summed E-state index contributed by atoms with van der Waals surface area (Å²) in [6.07, 6.45) is 4.24. The number of rotatable bonds is 5. The molecule has 4 nitrogen and oxygen atoms in total. The van der Waals surface area contributed by atoms with Crippen LogP contribution in [0.4, 0.5) is 0 Å². The number of fused-ring (bicyclic) bond motifs is 1. The number of benzene rings is 1. The molecule has 23 heavy (non-hydrogen) atoms. The lowest BCUT2D eigenvalue weighted by Gasteiger charge is -2.33. The van der Waals surface area contributed by atoms with Crippen molar-refractivity contribution in [2.75, 3.05) is 6.61 Å². The zero-order valence-electron chi connectivity index (χ0n) is 14.4. The average Bonchev–Trinajstić information content (AvgIpc) is 2.45. The van der Waals surface area contributed by atoms with E-state index in [1.54, 1.807) is 0 Å². The summed E-state index contributed by atoms with van der Waals surface area (Å²) in [5.41, 5.74) is 2.54. The third-order valence-corrected chi connectivity index (χ3v) is 4.02. The van der Waals surface area contributed by atoms with Crippen molar-refractivity contribution in [3.63, 3.8) is 0 Å². The Hall–Kier alpha value is -1.97. The number of allylic oxidation sites excluding steroid dienone is 1. The lowest BCUT2D eigenvalue weighted by molar-refractivity contribution is -0.142. The van der Waals surface area contributed by atoms with E-state index in [1.165, 1.54) is 0 Å². The van der Waals surface area contributed by atoms with Crippen molar-refractivity contribution in [1.29, 1.82) is 0 Å². The molecule has 1 aliphatic rings. The van der Waals surface area contributed by atoms with Gasteiger partial charge in [0.05, 0.1) is 0 Å². The molecule has 0 amide bonds. The zero-order valence-corrected chi connectivity index (χ0v) is 14.4. The van der Waals surface area contributed by atoms with Gasteiger partial charge in [-0.3, -0.25) is 4.79 Å². The first-order valence-corrected chi connectivity index (χ1v) is 8.10. The second-order valence-corrected chi connectivity index (χ2v) is 6.88. The minimum absolute atomic E-state index is 0.199. The molecule has 0 saturated carbocycles. The van der Waals surface area contributed by atoms with Crippen LogP contribution in [0.25, 0.3) is 0 Å². The molecule has 0 fully saturated rings. The number of carbonyl (C=O) groups is 1. The van der Waals surface area contributed by atoms with Crippen molar-refractivity contribution in [3.8, 4) is 11.5 Å². The van der Waals surface area contributed by atoms with Gasteiger partial charge in [-0.25, -0.2) is 0 Å². The summed E-state index contributed by atoms with van der Waals surface area (Å²) < 4.78 is 11.0. The topological polar surface area (TPSA) is 55.8 Å². The van der Waals surface area contributed by atoms with Gasteiger partial charge in [0.1, 0.15) is 23.7 Å². The van der Waals surface area contributed by atoms with E-state index in [9.17, 15) is 9.90 Å². The zero-order chi connectivity index (χ0) is 17.0. The minimum atomic E-state index is -0.253. The Labute approximate surface area is 138 Å². The van der Waals surface area contributed by atoms with Gasteiger partial charge in [0.15, 0.2) is 0 Å². The number of hydrogen-bond donors (Lipinski definition) is 1. The molecule has 1 N–H and O–H groups in total. The predicted molar refractivity (Wildman–Crippen MR) is 89.8 cm³/mol. The van der Waals surface area contributed by atoms with Crippen LogP contribution in [0.15, 0.2) is 23.8 Å². The highest BCUT2D eigenvalue weighted by molar-refractivity contribution is 5.70. The van der Waals surface area contributed by atoms with E-state index in [4.69, 9.17) is 9.47 Å². The highest BCUT2D eigenvalue weighted by atomic mass is 16.5. The normalized spacial score (nSPS) is 15.3. The molecule has 4 heteroatoms. The van der Waals surface area contributed by atoms with Gasteiger partial charge in [-0.05, 0) is 64.7 Å². The second-order valence-electron chi connectivity index (χ2n) is 6.88. The molecule has 0 radical (unpaired) electrons. The molecule has 126 valence electrons. The van der Waals surface area contributed by atoms with Gasteiger partial charge in [-0.2, -0.15) is 0 Å². The van der Waals surface area contributed by atoms with Crippen LogP contribution in [0.3, 0.4) is 0 Å². The van der Waals surface area contributed by atoms with Crippen molar-refractivity contribution in [3.05, 3.63) is 34.9 Å². The van der Waals surface area contributed by atoms with Gasteiger partial charge in [0, 0.05) is 12.0 Å². The third-order valence-electron chi connectivity index (χ3n) is 4.02. The summed E-state index contributed by atoms with van der Waals surface area (Å²) in [6, 6.07) is 3.72. The maximum atomic E-state index is 11.7. The second kappa shape index (κ2) is 7.07. The van der Waals surface area contributed by atoms with E-state index in [0.717, 1.165) is 35.3 Å². The Morgan fingerprint density at radius 2 is 2.13 bits per heavy atom. The van der Waals surface area contributed by atoms with Gasteiger partial charge in [-0.1, -0.05) is 11.6 Å². The molecule has 0 aromatic heterocycles. The fourth-order valence-corrected chi connectivity index (χ4v) is 2.59. The van der Waals surface area contributed by atoms with Gasteiger partial charge in [-0.15, -0.1) is 0 Å². The van der Waals surface area contributed by atoms with Crippen LogP contribution >= 0.6 is 0 Å². The Kier molecular flexibility index (Phi) is 5.34. The Balaban J connectivity index is 1.97. The van der Waals surface area contributed by atoms with Crippen molar-refractivity contribution >= 4 is 5.97 Å². The molecule has 0 spiro atoms. The molecular formula is C19H26O4. The van der Waals surface area contributed by atoms with Crippen molar-refractivity contribution < 1.29 is 19.4 Å². The lowest BCUT2D eigenvalue weighted by Crippen LogP contribution is -2.32. The van der Waals surface area contributed by atoms with Gasteiger partial charge >= 0.3 is 5.97 Å². The molecule has 0 atom stereocenters. The lowest BCUT2D eigenvalue weighted by atomic mass is 9.92. The average molecular weight is 318 g/mol. The van der Waals surface area contributed by atoms with Crippen LogP contribution < -0.4 is 4.74 Å². The summed E-state index contributed by atoms with van der Waals surface area (Å²) in [7, 11) is 0. The number of phenols is 1. The van der Waals surface area contributed by atoms with E-state index in [-0.39, 0.29) is 23.7 Å². The molecular weight excluding hydrogens is 292 g/mol. The van der Waals surface area contributed by atoms with Gasteiger partial charge in [0.25, 0.3) is 0 Å². The van der Waals surface area contributed by atoms with Crippen LogP contribution in [0.1, 0.15) is 51.7 Å². The third kappa shape index (κ3) is 4.75. The highest BCUT2D eigenvalue weighted by Crippen LogP contribution is 2.39. The summed E-state index contributed by atoms with van der Waals surface area (Å²) in [4.78, 5) is 11.7. The summed E-state index contributed by atoms with van der Waals surface area (Å²) in [6.45, 7) is 8.32. The maximum absolute atomic E-state index is 11.7. The molecule has 1 heterocycles. The first-order chi connectivity index (χ1) is 10.8. The van der Waals surface area contributed by atoms with E-state index in [2.05, 4.69) is 0 Å². The fourth-order valence-electron chi connectivity index (χ4n) is 2.59. The molecule has 0 aliphatic carbocycles. The Morgan fingerprint density at radius 3 is 2.83 bits per heavy atom. The smallest absolute Gasteiger partial charge is 0.306 e. The Morgan fingerprint density at radius 1 is 1.39 bits per heavy atom. The minimum Gasteiger partial charge on any atom is -0.507 e. The van der Waals surface area contributed by atoms with E-state index < -0.39 is 0 Å². The van der Waals surface area contributed by atoms with Crippen LogP contribution in [-0.2, 0) is 22.4 Å². The number of aromatic hydroxyl groups is 1. The molecule has 1 aromatic rings. The van der Waals surface area contributed by atoms with Crippen molar-refractivity contribution in [2.24, 2.45) is 0 Å². The molecule has 2 rings (SSSR count). The molecule has 0 saturated heterocycles. The summed E-state index contributed by atoms with van der Waals surface area (Å²) in [5.74, 6) is 0.751. The number of esters is 1. The molecule has 1 aliphatic heterocycles. The molecule has 1 aromatic carbocycles. The number of ether oxygens (including phenoxy) is 2.